The maximum Gasteiger partial charge on any atom is 0.123 e. The number of rotatable bonds is 3. The zero-order valence-electron chi connectivity index (χ0n) is 11.2. The van der Waals surface area contributed by atoms with Gasteiger partial charge in [0.25, 0.3) is 0 Å². The third kappa shape index (κ3) is 3.89. The average Bonchev–Trinajstić information content (AvgIpc) is 2.32. The van der Waals surface area contributed by atoms with Crippen molar-refractivity contribution in [3.63, 3.8) is 0 Å². The van der Waals surface area contributed by atoms with Crippen LogP contribution in [-0.4, -0.2) is 41.4 Å². The van der Waals surface area contributed by atoms with Gasteiger partial charge in [-0.25, -0.2) is 4.39 Å². The molecule has 0 saturated carbocycles. The molecule has 1 heterocycles. The van der Waals surface area contributed by atoms with Gasteiger partial charge in [0, 0.05) is 24.7 Å². The summed E-state index contributed by atoms with van der Waals surface area (Å²) in [7, 11) is 0. The van der Waals surface area contributed by atoms with E-state index in [2.05, 4.69) is 4.90 Å². The number of nitrogens with zero attached hydrogens (tertiary/aromatic N) is 1. The molecule has 1 aromatic rings. The first-order valence-electron chi connectivity index (χ1n) is 6.34. The Morgan fingerprint density at radius 2 is 2.26 bits per heavy atom. The van der Waals surface area contributed by atoms with Gasteiger partial charge >= 0.3 is 0 Å². The molecular formula is C14H19ClFNO2. The number of aliphatic hydroxyl groups is 1. The zero-order chi connectivity index (χ0) is 14.0. The minimum Gasteiger partial charge on any atom is -0.394 e. The molecule has 0 bridgehead atoms. The Bertz CT molecular complexity index is 453. The molecular weight excluding hydrogens is 269 g/mol. The summed E-state index contributed by atoms with van der Waals surface area (Å²) in [6, 6.07) is 4.38. The smallest absolute Gasteiger partial charge is 0.123 e. The van der Waals surface area contributed by atoms with Crippen LogP contribution in [0.4, 0.5) is 4.39 Å². The van der Waals surface area contributed by atoms with Crippen molar-refractivity contribution in [1.29, 1.82) is 0 Å². The van der Waals surface area contributed by atoms with Crippen molar-refractivity contribution in [2.24, 2.45) is 0 Å². The van der Waals surface area contributed by atoms with E-state index >= 15 is 0 Å². The fourth-order valence-electron chi connectivity index (χ4n) is 2.54. The highest BCUT2D eigenvalue weighted by atomic mass is 35.5. The molecule has 1 fully saturated rings. The van der Waals surface area contributed by atoms with Gasteiger partial charge in [-0.2, -0.15) is 0 Å². The van der Waals surface area contributed by atoms with E-state index in [0.29, 0.717) is 18.1 Å². The normalized spacial score (nSPS) is 23.5. The van der Waals surface area contributed by atoms with Crippen LogP contribution in [0.15, 0.2) is 18.2 Å². The van der Waals surface area contributed by atoms with E-state index in [1.165, 1.54) is 12.1 Å². The van der Waals surface area contributed by atoms with Crippen molar-refractivity contribution in [3.8, 4) is 0 Å². The van der Waals surface area contributed by atoms with E-state index in [1.807, 2.05) is 13.8 Å². The second-order valence-corrected chi connectivity index (χ2v) is 5.99. The van der Waals surface area contributed by atoms with Gasteiger partial charge in [-0.05, 0) is 37.6 Å². The Balaban J connectivity index is 2.11. The summed E-state index contributed by atoms with van der Waals surface area (Å²) in [5, 5.41) is 9.83. The van der Waals surface area contributed by atoms with Gasteiger partial charge in [0.05, 0.1) is 18.3 Å². The molecule has 1 aliphatic heterocycles. The van der Waals surface area contributed by atoms with E-state index < -0.39 is 0 Å². The fraction of sp³-hybridized carbons (Fsp3) is 0.571. The molecule has 1 unspecified atom stereocenters. The summed E-state index contributed by atoms with van der Waals surface area (Å²) in [6.07, 6.45) is -0.212. The van der Waals surface area contributed by atoms with Gasteiger partial charge in [-0.3, -0.25) is 4.90 Å². The molecule has 1 aromatic carbocycles. The van der Waals surface area contributed by atoms with Gasteiger partial charge < -0.3 is 9.84 Å². The van der Waals surface area contributed by atoms with Crippen molar-refractivity contribution < 1.29 is 14.2 Å². The first kappa shape index (κ1) is 14.7. The number of benzene rings is 1. The predicted octanol–water partition coefficient (Wildman–Crippen LogP) is 2.45. The largest absolute Gasteiger partial charge is 0.394 e. The Labute approximate surface area is 117 Å². The Morgan fingerprint density at radius 1 is 1.53 bits per heavy atom. The molecule has 0 aromatic heterocycles. The first-order valence-corrected chi connectivity index (χ1v) is 6.72. The van der Waals surface area contributed by atoms with E-state index in [0.717, 1.165) is 12.1 Å². The molecule has 0 aliphatic carbocycles. The third-order valence-corrected chi connectivity index (χ3v) is 3.53. The Hall–Kier alpha value is -0.680. The third-order valence-electron chi connectivity index (χ3n) is 3.16. The molecule has 1 aliphatic rings. The van der Waals surface area contributed by atoms with Gasteiger partial charge in [0.2, 0.25) is 0 Å². The number of hydrogen-bond acceptors (Lipinski definition) is 3. The van der Waals surface area contributed by atoms with Crippen molar-refractivity contribution in [2.75, 3.05) is 19.7 Å². The lowest BCUT2D eigenvalue weighted by molar-refractivity contribution is -0.150. The number of aliphatic hydroxyl groups excluding tert-OH is 1. The monoisotopic (exact) mass is 287 g/mol. The minimum atomic E-state index is -0.328. The lowest BCUT2D eigenvalue weighted by Crippen LogP contribution is -2.53. The molecule has 5 heteroatoms. The molecule has 0 spiro atoms. The van der Waals surface area contributed by atoms with Crippen LogP contribution in [0.25, 0.3) is 0 Å². The summed E-state index contributed by atoms with van der Waals surface area (Å²) in [4.78, 5) is 2.13. The van der Waals surface area contributed by atoms with Crippen molar-refractivity contribution in [3.05, 3.63) is 34.6 Å². The van der Waals surface area contributed by atoms with Crippen molar-refractivity contribution in [1.82, 2.24) is 4.90 Å². The highest BCUT2D eigenvalue weighted by Crippen LogP contribution is 2.25. The van der Waals surface area contributed by atoms with Crippen LogP contribution in [0.5, 0.6) is 0 Å². The van der Waals surface area contributed by atoms with E-state index in [4.69, 9.17) is 16.3 Å². The first-order chi connectivity index (χ1) is 8.89. The highest BCUT2D eigenvalue weighted by molar-refractivity contribution is 6.31. The van der Waals surface area contributed by atoms with Gasteiger partial charge in [0.1, 0.15) is 5.82 Å². The lowest BCUT2D eigenvalue weighted by atomic mass is 10.0. The maximum atomic E-state index is 13.3. The summed E-state index contributed by atoms with van der Waals surface area (Å²) in [5.74, 6) is -0.286. The second kappa shape index (κ2) is 5.75. The van der Waals surface area contributed by atoms with Crippen molar-refractivity contribution in [2.45, 2.75) is 32.1 Å². The summed E-state index contributed by atoms with van der Waals surface area (Å²) < 4.78 is 19.0. The van der Waals surface area contributed by atoms with Gasteiger partial charge in [-0.1, -0.05) is 11.6 Å². The van der Waals surface area contributed by atoms with E-state index in [9.17, 15) is 9.50 Å². The summed E-state index contributed by atoms with van der Waals surface area (Å²) >= 11 is 6.08. The topological polar surface area (TPSA) is 32.7 Å². The molecule has 19 heavy (non-hydrogen) atoms. The van der Waals surface area contributed by atoms with Crippen molar-refractivity contribution >= 4 is 11.6 Å². The van der Waals surface area contributed by atoms with Crippen LogP contribution in [-0.2, 0) is 11.3 Å². The van der Waals surface area contributed by atoms with Crippen LogP contribution in [0, 0.1) is 5.82 Å². The van der Waals surface area contributed by atoms with E-state index in [-0.39, 0.29) is 24.1 Å². The lowest BCUT2D eigenvalue weighted by Gasteiger charge is -2.42. The fourth-order valence-corrected chi connectivity index (χ4v) is 2.71. The van der Waals surface area contributed by atoms with Crippen LogP contribution in [0.1, 0.15) is 19.4 Å². The standard InChI is InChI=1S/C14H19ClFNO2/c1-14(2)9-17(7-12(8-18)19-14)6-10-5-11(16)3-4-13(10)15/h3-5,12,18H,6-9H2,1-2H3. The van der Waals surface area contributed by atoms with E-state index in [1.54, 1.807) is 6.07 Å². The zero-order valence-corrected chi connectivity index (χ0v) is 12.0. The van der Waals surface area contributed by atoms with Crippen LogP contribution >= 0.6 is 11.6 Å². The number of morpholine rings is 1. The molecule has 1 N–H and O–H groups in total. The number of halogens is 2. The Kier molecular flexibility index (Phi) is 4.46. The highest BCUT2D eigenvalue weighted by Gasteiger charge is 2.33. The predicted molar refractivity (Wildman–Crippen MR) is 72.7 cm³/mol. The van der Waals surface area contributed by atoms with Crippen LogP contribution in [0.3, 0.4) is 0 Å². The van der Waals surface area contributed by atoms with Gasteiger partial charge in [-0.15, -0.1) is 0 Å². The SMILES string of the molecule is CC1(C)CN(Cc2cc(F)ccc2Cl)CC(CO)O1. The molecule has 2 rings (SSSR count). The number of ether oxygens (including phenoxy) is 1. The summed E-state index contributed by atoms with van der Waals surface area (Å²) in [6.45, 7) is 5.84. The average molecular weight is 288 g/mol. The van der Waals surface area contributed by atoms with Gasteiger partial charge in [0.15, 0.2) is 0 Å². The Morgan fingerprint density at radius 3 is 2.95 bits per heavy atom. The minimum absolute atomic E-state index is 0.0171. The quantitative estimate of drug-likeness (QED) is 0.927. The van der Waals surface area contributed by atoms with Crippen LogP contribution in [0.2, 0.25) is 5.02 Å². The summed E-state index contributed by atoms with van der Waals surface area (Å²) in [5.41, 5.74) is 0.432. The molecule has 1 saturated heterocycles. The molecule has 0 radical (unpaired) electrons. The molecule has 1 atom stereocenters. The number of hydrogen-bond donors (Lipinski definition) is 1. The molecule has 0 amide bonds. The maximum absolute atomic E-state index is 13.3. The van der Waals surface area contributed by atoms with Crippen LogP contribution < -0.4 is 0 Å². The second-order valence-electron chi connectivity index (χ2n) is 5.59. The molecule has 3 nitrogen and oxygen atoms in total. The molecule has 106 valence electrons.